The molecule has 1 fully saturated rings. The van der Waals surface area contributed by atoms with Crippen molar-refractivity contribution in [2.45, 2.75) is 13.0 Å². The second-order valence-corrected chi connectivity index (χ2v) is 5.73. The topological polar surface area (TPSA) is 60.2 Å². The molecule has 132 valence electrons. The Hall–Kier alpha value is -2.53. The van der Waals surface area contributed by atoms with Gasteiger partial charge in [0.15, 0.2) is 0 Å². The van der Waals surface area contributed by atoms with E-state index >= 15 is 0 Å². The summed E-state index contributed by atoms with van der Waals surface area (Å²) < 4.78 is 9.97. The maximum atomic E-state index is 10.0. The zero-order valence-electron chi connectivity index (χ0n) is 14.4. The summed E-state index contributed by atoms with van der Waals surface area (Å²) >= 11 is 0. The Morgan fingerprint density at radius 1 is 1.00 bits per heavy atom. The van der Waals surface area contributed by atoms with Crippen LogP contribution >= 0.6 is 0 Å². The normalized spacial score (nSPS) is 14.8. The summed E-state index contributed by atoms with van der Waals surface area (Å²) in [4.78, 5) is 10.0. The molecule has 0 unspecified atom stereocenters. The first kappa shape index (κ1) is 18.3. The minimum atomic E-state index is 0.265. The smallest absolute Gasteiger partial charge is 0.293 e. The fourth-order valence-corrected chi connectivity index (χ4v) is 2.54. The highest BCUT2D eigenvalue weighted by Gasteiger charge is 2.18. The van der Waals surface area contributed by atoms with Crippen LogP contribution in [0, 0.1) is 25.2 Å². The number of hydrogen-bond donors (Lipinski definition) is 0. The minimum absolute atomic E-state index is 0.265. The SMILES string of the molecule is O=COCCOCc1ccc(N=Nc2cccc([C]3[CH][CH]C[CH]3)c2)cc1. The summed E-state index contributed by atoms with van der Waals surface area (Å²) in [5, 5.41) is 8.62. The van der Waals surface area contributed by atoms with E-state index in [1.807, 2.05) is 42.5 Å². The van der Waals surface area contributed by atoms with E-state index in [-0.39, 0.29) is 6.61 Å². The van der Waals surface area contributed by atoms with Crippen molar-refractivity contribution in [3.63, 3.8) is 0 Å². The Balaban J connectivity index is 1.53. The number of azo groups is 1. The number of benzene rings is 2. The Morgan fingerprint density at radius 2 is 1.85 bits per heavy atom. The molecule has 0 atom stereocenters. The zero-order chi connectivity index (χ0) is 18.0. The molecule has 26 heavy (non-hydrogen) atoms. The van der Waals surface area contributed by atoms with Crippen molar-refractivity contribution < 1.29 is 14.3 Å². The van der Waals surface area contributed by atoms with Gasteiger partial charge in [-0.05, 0) is 61.1 Å². The first-order valence-corrected chi connectivity index (χ1v) is 8.46. The van der Waals surface area contributed by atoms with E-state index in [0.29, 0.717) is 19.7 Å². The van der Waals surface area contributed by atoms with Crippen LogP contribution in [0.1, 0.15) is 17.5 Å². The Kier molecular flexibility index (Phi) is 6.90. The standard InChI is InChI=1S/C21H20N2O3/c24-16-26-13-12-25-15-17-8-10-20(11-9-17)22-23-21-7-3-6-19(14-21)18-4-1-2-5-18/h1,3-11,14,16H,2,12-13,15H2. The third-order valence-electron chi connectivity index (χ3n) is 3.85. The van der Waals surface area contributed by atoms with Crippen LogP contribution in [-0.4, -0.2) is 19.7 Å². The first-order valence-electron chi connectivity index (χ1n) is 8.46. The van der Waals surface area contributed by atoms with Crippen molar-refractivity contribution in [2.24, 2.45) is 10.2 Å². The van der Waals surface area contributed by atoms with E-state index < -0.39 is 0 Å². The average molecular weight is 348 g/mol. The molecule has 0 heterocycles. The minimum Gasteiger partial charge on any atom is -0.465 e. The fourth-order valence-electron chi connectivity index (χ4n) is 2.54. The predicted molar refractivity (Wildman–Crippen MR) is 98.6 cm³/mol. The lowest BCUT2D eigenvalue weighted by Gasteiger charge is -2.07. The average Bonchev–Trinajstić information content (AvgIpc) is 3.22. The number of nitrogens with zero attached hydrogens (tertiary/aromatic N) is 2. The molecule has 4 radical (unpaired) electrons. The molecule has 1 saturated carbocycles. The lowest BCUT2D eigenvalue weighted by Crippen LogP contribution is -2.02. The highest BCUT2D eigenvalue weighted by atomic mass is 16.5. The second-order valence-electron chi connectivity index (χ2n) is 5.73. The molecule has 0 spiro atoms. The molecular formula is C21H20N2O3. The van der Waals surface area contributed by atoms with Gasteiger partial charge in [-0.2, -0.15) is 10.2 Å². The van der Waals surface area contributed by atoms with Gasteiger partial charge < -0.3 is 9.47 Å². The molecule has 0 aromatic heterocycles. The van der Waals surface area contributed by atoms with E-state index in [4.69, 9.17) is 4.74 Å². The number of hydrogen-bond acceptors (Lipinski definition) is 5. The number of ether oxygens (including phenoxy) is 2. The van der Waals surface area contributed by atoms with Crippen LogP contribution in [0.4, 0.5) is 11.4 Å². The first-order chi connectivity index (χ1) is 12.8. The van der Waals surface area contributed by atoms with E-state index in [1.54, 1.807) is 0 Å². The van der Waals surface area contributed by atoms with Crippen molar-refractivity contribution in [3.8, 4) is 0 Å². The zero-order valence-corrected chi connectivity index (χ0v) is 14.4. The van der Waals surface area contributed by atoms with Crippen LogP contribution < -0.4 is 0 Å². The molecule has 2 aromatic carbocycles. The Morgan fingerprint density at radius 3 is 2.62 bits per heavy atom. The molecule has 5 nitrogen and oxygen atoms in total. The van der Waals surface area contributed by atoms with Gasteiger partial charge in [0.25, 0.3) is 6.47 Å². The predicted octanol–water partition coefficient (Wildman–Crippen LogP) is 4.73. The van der Waals surface area contributed by atoms with E-state index in [1.165, 1.54) is 5.92 Å². The Bertz CT molecular complexity index is 722. The van der Waals surface area contributed by atoms with Crippen molar-refractivity contribution in [2.75, 3.05) is 13.2 Å². The summed E-state index contributed by atoms with van der Waals surface area (Å²) in [7, 11) is 0. The quantitative estimate of drug-likeness (QED) is 0.374. The van der Waals surface area contributed by atoms with Crippen LogP contribution in [0.25, 0.3) is 0 Å². The van der Waals surface area contributed by atoms with Crippen LogP contribution in [-0.2, 0) is 20.9 Å². The van der Waals surface area contributed by atoms with Crippen LogP contribution in [0.15, 0.2) is 58.8 Å². The molecule has 0 amide bonds. The molecule has 0 saturated heterocycles. The van der Waals surface area contributed by atoms with Gasteiger partial charge in [0.2, 0.25) is 0 Å². The highest BCUT2D eigenvalue weighted by molar-refractivity contribution is 5.52. The molecular weight excluding hydrogens is 328 g/mol. The second kappa shape index (κ2) is 9.82. The molecule has 2 aromatic rings. The molecule has 5 heteroatoms. The van der Waals surface area contributed by atoms with Crippen molar-refractivity contribution in [1.82, 2.24) is 0 Å². The van der Waals surface area contributed by atoms with Gasteiger partial charge in [-0.3, -0.25) is 4.79 Å². The summed E-state index contributed by atoms with van der Waals surface area (Å²) in [5.41, 5.74) is 3.79. The van der Waals surface area contributed by atoms with Gasteiger partial charge in [0, 0.05) is 5.92 Å². The van der Waals surface area contributed by atoms with E-state index in [9.17, 15) is 4.79 Å². The van der Waals surface area contributed by atoms with Gasteiger partial charge in [-0.1, -0.05) is 24.3 Å². The van der Waals surface area contributed by atoms with Gasteiger partial charge >= 0.3 is 0 Å². The van der Waals surface area contributed by atoms with Crippen molar-refractivity contribution >= 4 is 17.8 Å². The molecule has 1 aliphatic rings. The van der Waals surface area contributed by atoms with Crippen LogP contribution in [0.5, 0.6) is 0 Å². The third-order valence-corrected chi connectivity index (χ3v) is 3.85. The van der Waals surface area contributed by atoms with E-state index in [2.05, 4.69) is 40.3 Å². The maximum absolute atomic E-state index is 10.0. The monoisotopic (exact) mass is 348 g/mol. The third kappa shape index (κ3) is 5.49. The van der Waals surface area contributed by atoms with Crippen LogP contribution in [0.3, 0.4) is 0 Å². The molecule has 0 bridgehead atoms. The van der Waals surface area contributed by atoms with Crippen molar-refractivity contribution in [3.05, 3.63) is 84.8 Å². The van der Waals surface area contributed by atoms with Crippen LogP contribution in [0.2, 0.25) is 0 Å². The van der Waals surface area contributed by atoms with E-state index in [0.717, 1.165) is 28.9 Å². The van der Waals surface area contributed by atoms with Gasteiger partial charge in [0.05, 0.1) is 24.6 Å². The molecule has 1 aliphatic carbocycles. The summed E-state index contributed by atoms with van der Waals surface area (Å²) in [6.45, 7) is 1.52. The summed E-state index contributed by atoms with van der Waals surface area (Å²) in [6.07, 6.45) is 7.45. The number of carbonyl (C=O) groups excluding carboxylic acids is 1. The Labute approximate surface area is 154 Å². The largest absolute Gasteiger partial charge is 0.465 e. The highest BCUT2D eigenvalue weighted by Crippen LogP contribution is 2.32. The van der Waals surface area contributed by atoms with Gasteiger partial charge in [0.1, 0.15) is 6.61 Å². The lowest BCUT2D eigenvalue weighted by molar-refractivity contribution is -0.130. The van der Waals surface area contributed by atoms with Gasteiger partial charge in [-0.25, -0.2) is 0 Å². The summed E-state index contributed by atoms with van der Waals surface area (Å²) in [5.74, 6) is 1.23. The molecule has 0 N–H and O–H groups in total. The maximum Gasteiger partial charge on any atom is 0.293 e. The lowest BCUT2D eigenvalue weighted by atomic mass is 9.97. The molecule has 3 rings (SSSR count). The number of rotatable bonds is 9. The summed E-state index contributed by atoms with van der Waals surface area (Å²) in [6, 6.07) is 15.7. The fraction of sp³-hybridized carbons (Fsp3) is 0.190. The molecule has 0 aliphatic heterocycles. The van der Waals surface area contributed by atoms with Crippen molar-refractivity contribution in [1.29, 1.82) is 0 Å². The van der Waals surface area contributed by atoms with Gasteiger partial charge in [-0.15, -0.1) is 0 Å². The number of carbonyl (C=O) groups is 1.